The molecule has 190 valence electrons. The highest BCUT2D eigenvalue weighted by atomic mass is 19.1. The molecule has 6 nitrogen and oxygen atoms in total. The quantitative estimate of drug-likeness (QED) is 0.567. The van der Waals surface area contributed by atoms with Crippen molar-refractivity contribution >= 4 is 17.5 Å². The van der Waals surface area contributed by atoms with Crippen molar-refractivity contribution in [3.05, 3.63) is 65.2 Å². The standard InChI is InChI=1S/C27H36F2N4O2/c1-18(2)25(31-26(34)24-22(28)9-6-10-23(24)29)27(35)30-20(4)11-12-32-13-15-33(16-14-32)21-8-5-7-19(3)17-21/h5-10,17-18,20,25H,11-16H2,1-4H3,(H,30,35)(H,31,34)/t20?,25-/m0/s1. The van der Waals surface area contributed by atoms with Crippen molar-refractivity contribution in [2.24, 2.45) is 5.92 Å². The van der Waals surface area contributed by atoms with Gasteiger partial charge in [-0.25, -0.2) is 8.78 Å². The molecule has 1 fully saturated rings. The Balaban J connectivity index is 1.47. The Labute approximate surface area is 206 Å². The summed E-state index contributed by atoms with van der Waals surface area (Å²) in [5.74, 6) is -3.46. The van der Waals surface area contributed by atoms with Crippen molar-refractivity contribution < 1.29 is 18.4 Å². The Morgan fingerprint density at radius 1 is 0.943 bits per heavy atom. The summed E-state index contributed by atoms with van der Waals surface area (Å²) in [6, 6.07) is 10.8. The van der Waals surface area contributed by atoms with Gasteiger partial charge in [-0.1, -0.05) is 32.0 Å². The first-order valence-corrected chi connectivity index (χ1v) is 12.2. The fourth-order valence-electron chi connectivity index (χ4n) is 4.30. The molecule has 2 N–H and O–H groups in total. The summed E-state index contributed by atoms with van der Waals surface area (Å²) in [7, 11) is 0. The van der Waals surface area contributed by atoms with E-state index in [1.165, 1.54) is 17.3 Å². The van der Waals surface area contributed by atoms with E-state index in [0.717, 1.165) is 51.3 Å². The summed E-state index contributed by atoms with van der Waals surface area (Å²) in [4.78, 5) is 30.1. The van der Waals surface area contributed by atoms with E-state index < -0.39 is 29.1 Å². The minimum atomic E-state index is -0.957. The molecular formula is C27H36F2N4O2. The second kappa shape index (κ2) is 12.1. The minimum Gasteiger partial charge on any atom is -0.369 e. The number of piperazine rings is 1. The summed E-state index contributed by atoms with van der Waals surface area (Å²) >= 11 is 0. The van der Waals surface area contributed by atoms with Crippen LogP contribution in [0.4, 0.5) is 14.5 Å². The van der Waals surface area contributed by atoms with Gasteiger partial charge in [-0.15, -0.1) is 0 Å². The Hall–Kier alpha value is -3.00. The van der Waals surface area contributed by atoms with Crippen molar-refractivity contribution in [1.29, 1.82) is 0 Å². The van der Waals surface area contributed by atoms with Crippen LogP contribution in [0.2, 0.25) is 0 Å². The van der Waals surface area contributed by atoms with Crippen LogP contribution in [0.1, 0.15) is 43.1 Å². The molecule has 2 aromatic rings. The van der Waals surface area contributed by atoms with Gasteiger partial charge in [0.05, 0.1) is 0 Å². The van der Waals surface area contributed by atoms with Gasteiger partial charge in [-0.2, -0.15) is 0 Å². The molecule has 1 saturated heterocycles. The number of nitrogens with zero attached hydrogens (tertiary/aromatic N) is 2. The monoisotopic (exact) mass is 486 g/mol. The summed E-state index contributed by atoms with van der Waals surface area (Å²) in [6.45, 7) is 12.3. The third kappa shape index (κ3) is 7.24. The maximum absolute atomic E-state index is 14.0. The van der Waals surface area contributed by atoms with Gasteiger partial charge in [0.1, 0.15) is 23.2 Å². The van der Waals surface area contributed by atoms with Crippen molar-refractivity contribution in [1.82, 2.24) is 15.5 Å². The van der Waals surface area contributed by atoms with Gasteiger partial charge in [0.15, 0.2) is 0 Å². The summed E-state index contributed by atoms with van der Waals surface area (Å²) in [5.41, 5.74) is 1.83. The Morgan fingerprint density at radius 2 is 1.57 bits per heavy atom. The molecule has 0 radical (unpaired) electrons. The zero-order valence-electron chi connectivity index (χ0n) is 21.0. The number of hydrogen-bond acceptors (Lipinski definition) is 4. The summed E-state index contributed by atoms with van der Waals surface area (Å²) < 4.78 is 27.9. The van der Waals surface area contributed by atoms with Gasteiger partial charge in [0.2, 0.25) is 5.91 Å². The van der Waals surface area contributed by atoms with Crippen molar-refractivity contribution in [2.75, 3.05) is 37.6 Å². The molecule has 1 aliphatic heterocycles. The smallest absolute Gasteiger partial charge is 0.257 e. The van der Waals surface area contributed by atoms with Crippen molar-refractivity contribution in [3.63, 3.8) is 0 Å². The highest BCUT2D eigenvalue weighted by molar-refractivity contribution is 5.98. The van der Waals surface area contributed by atoms with Crippen LogP contribution in [-0.4, -0.2) is 61.5 Å². The summed E-state index contributed by atoms with van der Waals surface area (Å²) in [5, 5.41) is 5.45. The normalized spacial score (nSPS) is 16.1. The third-order valence-electron chi connectivity index (χ3n) is 6.43. The van der Waals surface area contributed by atoms with Gasteiger partial charge in [0.25, 0.3) is 5.91 Å². The zero-order chi connectivity index (χ0) is 25.5. The van der Waals surface area contributed by atoms with E-state index in [-0.39, 0.29) is 17.9 Å². The van der Waals surface area contributed by atoms with Gasteiger partial charge in [0, 0.05) is 44.5 Å². The Morgan fingerprint density at radius 3 is 2.17 bits per heavy atom. The molecule has 2 atom stereocenters. The predicted molar refractivity (Wildman–Crippen MR) is 135 cm³/mol. The van der Waals surface area contributed by atoms with Gasteiger partial charge in [-0.3, -0.25) is 14.5 Å². The zero-order valence-corrected chi connectivity index (χ0v) is 21.0. The first-order chi connectivity index (χ1) is 16.7. The molecular weight excluding hydrogens is 450 g/mol. The molecule has 0 spiro atoms. The molecule has 2 aromatic carbocycles. The number of halogens is 2. The topological polar surface area (TPSA) is 64.7 Å². The lowest BCUT2D eigenvalue weighted by Gasteiger charge is -2.36. The number of hydrogen-bond donors (Lipinski definition) is 2. The van der Waals surface area contributed by atoms with E-state index in [1.807, 2.05) is 6.92 Å². The molecule has 0 saturated carbocycles. The molecule has 0 aromatic heterocycles. The van der Waals surface area contributed by atoms with Crippen LogP contribution in [0, 0.1) is 24.5 Å². The molecule has 1 aliphatic rings. The fraction of sp³-hybridized carbons (Fsp3) is 0.481. The number of nitrogens with one attached hydrogen (secondary N) is 2. The number of carbonyl (C=O) groups excluding carboxylic acids is 2. The maximum Gasteiger partial charge on any atom is 0.257 e. The largest absolute Gasteiger partial charge is 0.369 e. The first-order valence-electron chi connectivity index (χ1n) is 12.2. The molecule has 0 bridgehead atoms. The van der Waals surface area contributed by atoms with Crippen LogP contribution in [0.25, 0.3) is 0 Å². The molecule has 1 heterocycles. The van der Waals surface area contributed by atoms with Crippen LogP contribution in [-0.2, 0) is 4.79 Å². The summed E-state index contributed by atoms with van der Waals surface area (Å²) in [6.07, 6.45) is 0.761. The number of carbonyl (C=O) groups is 2. The average molecular weight is 487 g/mol. The molecule has 8 heteroatoms. The minimum absolute atomic E-state index is 0.111. The van der Waals surface area contributed by atoms with Crippen LogP contribution < -0.4 is 15.5 Å². The van der Waals surface area contributed by atoms with E-state index >= 15 is 0 Å². The lowest BCUT2D eigenvalue weighted by atomic mass is 10.0. The van der Waals surface area contributed by atoms with E-state index in [0.29, 0.717) is 0 Å². The number of anilines is 1. The highest BCUT2D eigenvalue weighted by Crippen LogP contribution is 2.18. The van der Waals surface area contributed by atoms with Gasteiger partial charge >= 0.3 is 0 Å². The highest BCUT2D eigenvalue weighted by Gasteiger charge is 2.28. The van der Waals surface area contributed by atoms with E-state index in [2.05, 4.69) is 51.6 Å². The number of aryl methyl sites for hydroxylation is 1. The van der Waals surface area contributed by atoms with E-state index in [4.69, 9.17) is 0 Å². The van der Waals surface area contributed by atoms with Crippen LogP contribution in [0.5, 0.6) is 0 Å². The van der Waals surface area contributed by atoms with Crippen LogP contribution in [0.15, 0.2) is 42.5 Å². The van der Waals surface area contributed by atoms with Crippen LogP contribution >= 0.6 is 0 Å². The average Bonchev–Trinajstić information content (AvgIpc) is 2.81. The second-order valence-corrected chi connectivity index (χ2v) is 9.66. The van der Waals surface area contributed by atoms with E-state index in [1.54, 1.807) is 13.8 Å². The molecule has 1 unspecified atom stereocenters. The van der Waals surface area contributed by atoms with Crippen molar-refractivity contribution in [2.45, 2.75) is 46.2 Å². The number of amides is 2. The molecule has 3 rings (SSSR count). The third-order valence-corrected chi connectivity index (χ3v) is 6.43. The second-order valence-electron chi connectivity index (χ2n) is 9.66. The van der Waals surface area contributed by atoms with Crippen molar-refractivity contribution in [3.8, 4) is 0 Å². The fourth-order valence-corrected chi connectivity index (χ4v) is 4.30. The van der Waals surface area contributed by atoms with E-state index in [9.17, 15) is 18.4 Å². The predicted octanol–water partition coefficient (Wildman–Crippen LogP) is 3.74. The number of rotatable bonds is 9. The molecule has 35 heavy (non-hydrogen) atoms. The van der Waals surface area contributed by atoms with Gasteiger partial charge < -0.3 is 15.5 Å². The lowest BCUT2D eigenvalue weighted by molar-refractivity contribution is -0.124. The maximum atomic E-state index is 14.0. The Bertz CT molecular complexity index is 1000. The van der Waals surface area contributed by atoms with Gasteiger partial charge in [-0.05, 0) is 56.0 Å². The van der Waals surface area contributed by atoms with Crippen LogP contribution in [0.3, 0.4) is 0 Å². The molecule has 2 amide bonds. The SMILES string of the molecule is Cc1cccc(N2CCN(CCC(C)NC(=O)[C@@H](NC(=O)c3c(F)cccc3F)C(C)C)CC2)c1. The Kier molecular flexibility index (Phi) is 9.20. The molecule has 0 aliphatic carbocycles. The first kappa shape index (κ1) is 26.6. The lowest BCUT2D eigenvalue weighted by Crippen LogP contribution is -2.52. The number of benzene rings is 2.